The molecule has 2 aliphatic rings. The Kier molecular flexibility index (Phi) is 9.53. The number of pyridine rings is 1. The van der Waals surface area contributed by atoms with E-state index in [1.807, 2.05) is 49.4 Å². The number of aryl methyl sites for hydroxylation is 1. The molecule has 1 aromatic heterocycles. The second kappa shape index (κ2) is 13.8. The highest BCUT2D eigenvalue weighted by molar-refractivity contribution is 6.00. The number of fused-ring (bicyclic) bond motifs is 3. The van der Waals surface area contributed by atoms with Crippen LogP contribution in [0, 0.1) is 12.7 Å². The SMILES string of the molecule is CCCCN(CC(F)(F)F)C(=O)C1c2ccccc2-c2cccc(N3CCCCC3NC(=O)c3ncccc3-c3ccc(F)c(C)c3)c21. The molecule has 10 heteroatoms. The predicted molar refractivity (Wildman–Crippen MR) is 178 cm³/mol. The second-order valence-electron chi connectivity index (χ2n) is 12.5. The Morgan fingerprint density at radius 1 is 0.979 bits per heavy atom. The molecule has 2 atom stereocenters. The van der Waals surface area contributed by atoms with Crippen LogP contribution in [0.3, 0.4) is 0 Å². The molecule has 4 aromatic rings. The van der Waals surface area contributed by atoms with E-state index in [9.17, 15) is 27.2 Å². The van der Waals surface area contributed by atoms with E-state index >= 15 is 0 Å². The van der Waals surface area contributed by atoms with Crippen LogP contribution in [0.4, 0.5) is 23.2 Å². The molecule has 6 nitrogen and oxygen atoms in total. The Morgan fingerprint density at radius 3 is 2.52 bits per heavy atom. The Morgan fingerprint density at radius 2 is 1.75 bits per heavy atom. The zero-order valence-corrected chi connectivity index (χ0v) is 27.0. The lowest BCUT2D eigenvalue weighted by Crippen LogP contribution is -2.51. The molecule has 2 amide bonds. The van der Waals surface area contributed by atoms with Gasteiger partial charge in [-0.05, 0) is 84.7 Å². The van der Waals surface area contributed by atoms with Gasteiger partial charge in [0.1, 0.15) is 24.2 Å². The number of anilines is 1. The second-order valence-corrected chi connectivity index (χ2v) is 12.5. The van der Waals surface area contributed by atoms with E-state index in [0.29, 0.717) is 59.3 Å². The van der Waals surface area contributed by atoms with Crippen LogP contribution < -0.4 is 10.2 Å². The number of aromatic nitrogens is 1. The van der Waals surface area contributed by atoms with Crippen molar-refractivity contribution in [1.82, 2.24) is 15.2 Å². The average Bonchev–Trinajstić information content (AvgIpc) is 3.42. The quantitative estimate of drug-likeness (QED) is 0.184. The number of alkyl halides is 3. The van der Waals surface area contributed by atoms with Gasteiger partial charge in [-0.15, -0.1) is 0 Å². The first-order valence-corrected chi connectivity index (χ1v) is 16.4. The van der Waals surface area contributed by atoms with Crippen LogP contribution in [0.2, 0.25) is 0 Å². The number of carbonyl (C=O) groups is 2. The van der Waals surface area contributed by atoms with Crippen LogP contribution in [-0.2, 0) is 4.79 Å². The van der Waals surface area contributed by atoms with E-state index in [-0.39, 0.29) is 18.1 Å². The van der Waals surface area contributed by atoms with Crippen LogP contribution in [0.25, 0.3) is 22.3 Å². The molecule has 1 aliphatic heterocycles. The molecule has 0 radical (unpaired) electrons. The Bertz CT molecular complexity index is 1820. The minimum Gasteiger partial charge on any atom is -0.351 e. The van der Waals surface area contributed by atoms with E-state index in [0.717, 1.165) is 28.9 Å². The third kappa shape index (κ3) is 6.66. The molecule has 1 aliphatic carbocycles. The van der Waals surface area contributed by atoms with E-state index in [1.54, 1.807) is 31.2 Å². The average molecular weight is 659 g/mol. The maximum atomic E-state index is 14.3. The molecule has 48 heavy (non-hydrogen) atoms. The summed E-state index contributed by atoms with van der Waals surface area (Å²) in [6.07, 6.45) is -0.0528. The summed E-state index contributed by atoms with van der Waals surface area (Å²) in [7, 11) is 0. The largest absolute Gasteiger partial charge is 0.406 e. The standard InChI is InChI=1S/C38H38F4N4O2/c1-3-4-20-45(23-38(40,41)42)37(48)34-29-12-6-5-11-27(29)28-13-9-15-31(33(28)34)46-21-8-7-16-32(46)44-36(47)35-26(14-10-19-43-35)25-17-18-30(39)24(2)22-25/h5-6,9-15,17-19,22,32,34H,3-4,7-8,16,20-21,23H2,1-2H3,(H,44,47). The molecule has 0 saturated carbocycles. The zero-order chi connectivity index (χ0) is 34.0. The van der Waals surface area contributed by atoms with Crippen LogP contribution in [0.5, 0.6) is 0 Å². The summed E-state index contributed by atoms with van der Waals surface area (Å²) < 4.78 is 55.3. The van der Waals surface area contributed by atoms with Crippen molar-refractivity contribution in [2.45, 2.75) is 64.2 Å². The third-order valence-corrected chi connectivity index (χ3v) is 9.25. The summed E-state index contributed by atoms with van der Waals surface area (Å²) in [5.74, 6) is -2.24. The fourth-order valence-corrected chi connectivity index (χ4v) is 6.98. The number of halogens is 4. The van der Waals surface area contributed by atoms with E-state index in [2.05, 4.69) is 15.2 Å². The van der Waals surface area contributed by atoms with Crippen molar-refractivity contribution in [1.29, 1.82) is 0 Å². The van der Waals surface area contributed by atoms with Crippen LogP contribution >= 0.6 is 0 Å². The lowest BCUT2D eigenvalue weighted by atomic mass is 9.92. The smallest absolute Gasteiger partial charge is 0.351 e. The summed E-state index contributed by atoms with van der Waals surface area (Å²) in [4.78, 5) is 35.6. The van der Waals surface area contributed by atoms with E-state index in [1.165, 1.54) is 12.3 Å². The highest BCUT2D eigenvalue weighted by Crippen LogP contribution is 2.50. The maximum Gasteiger partial charge on any atom is 0.406 e. The van der Waals surface area contributed by atoms with Crippen molar-refractivity contribution in [2.75, 3.05) is 24.5 Å². The minimum atomic E-state index is -4.54. The van der Waals surface area contributed by atoms with Gasteiger partial charge < -0.3 is 15.1 Å². The zero-order valence-electron chi connectivity index (χ0n) is 27.0. The van der Waals surface area contributed by atoms with Crippen LogP contribution in [-0.4, -0.2) is 53.7 Å². The highest BCUT2D eigenvalue weighted by Gasteiger charge is 2.42. The monoisotopic (exact) mass is 658 g/mol. The van der Waals surface area contributed by atoms with Gasteiger partial charge in [0.05, 0.1) is 5.92 Å². The summed E-state index contributed by atoms with van der Waals surface area (Å²) in [6, 6.07) is 21.3. The van der Waals surface area contributed by atoms with Gasteiger partial charge in [0.2, 0.25) is 5.91 Å². The van der Waals surface area contributed by atoms with Gasteiger partial charge in [-0.3, -0.25) is 14.6 Å². The molecule has 1 N–H and O–H groups in total. The molecule has 6 rings (SSSR count). The topological polar surface area (TPSA) is 65.5 Å². The molecule has 1 fully saturated rings. The van der Waals surface area contributed by atoms with Crippen LogP contribution in [0.1, 0.15) is 72.1 Å². The first-order valence-electron chi connectivity index (χ1n) is 16.4. The fourth-order valence-electron chi connectivity index (χ4n) is 6.98. The molecular formula is C38H38F4N4O2. The van der Waals surface area contributed by atoms with Gasteiger partial charge in [0.25, 0.3) is 5.91 Å². The van der Waals surface area contributed by atoms with Crippen molar-refractivity contribution >= 4 is 17.5 Å². The van der Waals surface area contributed by atoms with Crippen LogP contribution in [0.15, 0.2) is 79.0 Å². The van der Waals surface area contributed by atoms with E-state index in [4.69, 9.17) is 0 Å². The number of nitrogens with one attached hydrogen (secondary N) is 1. The van der Waals surface area contributed by atoms with Gasteiger partial charge in [-0.1, -0.05) is 61.9 Å². The molecule has 0 bridgehead atoms. The number of hydrogen-bond acceptors (Lipinski definition) is 4. The van der Waals surface area contributed by atoms with Crippen molar-refractivity contribution < 1.29 is 27.2 Å². The van der Waals surface area contributed by atoms with Crippen molar-refractivity contribution in [2.24, 2.45) is 0 Å². The summed E-state index contributed by atoms with van der Waals surface area (Å²) >= 11 is 0. The third-order valence-electron chi connectivity index (χ3n) is 9.25. The Labute approximate surface area is 277 Å². The summed E-state index contributed by atoms with van der Waals surface area (Å²) in [5.41, 5.74) is 5.56. The summed E-state index contributed by atoms with van der Waals surface area (Å²) in [5, 5.41) is 3.16. The highest BCUT2D eigenvalue weighted by atomic mass is 19.4. The van der Waals surface area contributed by atoms with Gasteiger partial charge in [0, 0.05) is 36.1 Å². The number of carbonyl (C=O) groups excluding carboxylic acids is 2. The minimum absolute atomic E-state index is 0.00734. The number of benzene rings is 3. The van der Waals surface area contributed by atoms with Crippen molar-refractivity contribution in [3.8, 4) is 22.3 Å². The summed E-state index contributed by atoms with van der Waals surface area (Å²) in [6.45, 7) is 2.81. The normalized spacial score (nSPS) is 17.1. The number of piperidine rings is 1. The number of hydrogen-bond donors (Lipinski definition) is 1. The van der Waals surface area contributed by atoms with Crippen molar-refractivity contribution in [3.63, 3.8) is 0 Å². The number of rotatable bonds is 9. The Balaban J connectivity index is 1.37. The molecule has 250 valence electrons. The molecular weight excluding hydrogens is 620 g/mol. The van der Waals surface area contributed by atoms with Gasteiger partial charge in [0.15, 0.2) is 0 Å². The number of amides is 2. The number of unbranched alkanes of at least 4 members (excludes halogenated alkanes) is 1. The predicted octanol–water partition coefficient (Wildman–Crippen LogP) is 8.25. The Hall–Kier alpha value is -4.73. The number of nitrogens with zero attached hydrogens (tertiary/aromatic N) is 3. The van der Waals surface area contributed by atoms with Crippen molar-refractivity contribution in [3.05, 3.63) is 107 Å². The first kappa shape index (κ1) is 33.2. The lowest BCUT2D eigenvalue weighted by Gasteiger charge is -2.39. The van der Waals surface area contributed by atoms with Gasteiger partial charge in [-0.2, -0.15) is 13.2 Å². The lowest BCUT2D eigenvalue weighted by molar-refractivity contribution is -0.161. The maximum absolute atomic E-state index is 14.3. The van der Waals surface area contributed by atoms with Gasteiger partial charge in [-0.25, -0.2) is 4.39 Å². The molecule has 1 saturated heterocycles. The first-order chi connectivity index (χ1) is 23.1. The molecule has 0 spiro atoms. The molecule has 3 aromatic carbocycles. The van der Waals surface area contributed by atoms with Gasteiger partial charge >= 0.3 is 6.18 Å². The molecule has 2 unspecified atom stereocenters. The molecule has 2 heterocycles. The fraction of sp³-hybridized carbons (Fsp3) is 0.342. The van der Waals surface area contributed by atoms with E-state index < -0.39 is 36.6 Å².